The lowest BCUT2D eigenvalue weighted by Gasteiger charge is -2.24. The number of nitrogens with one attached hydrogen (secondary N) is 3. The van der Waals surface area contributed by atoms with E-state index in [0.29, 0.717) is 6.42 Å². The van der Waals surface area contributed by atoms with Crippen LogP contribution in [0.3, 0.4) is 0 Å². The van der Waals surface area contributed by atoms with E-state index < -0.39 is 67.2 Å². The number of aliphatic carboxylic acids is 1. The molecule has 0 aliphatic carbocycles. The molecule has 5 atom stereocenters. The van der Waals surface area contributed by atoms with Gasteiger partial charge in [0.2, 0.25) is 17.7 Å². The lowest BCUT2D eigenvalue weighted by molar-refractivity contribution is -0.145. The first-order chi connectivity index (χ1) is 14.4. The van der Waals surface area contributed by atoms with Crippen LogP contribution in [0.25, 0.3) is 0 Å². The fraction of sp³-hybridized carbons (Fsp3) is 0.688. The Labute approximate surface area is 178 Å². The highest BCUT2D eigenvalue weighted by Gasteiger charge is 2.31. The summed E-state index contributed by atoms with van der Waals surface area (Å²) in [5.41, 5.74) is 16.0. The summed E-state index contributed by atoms with van der Waals surface area (Å²) in [5.74, 6) is -4.52. The lowest BCUT2D eigenvalue weighted by atomic mass is 10.1. The van der Waals surface area contributed by atoms with E-state index >= 15 is 0 Å². The minimum atomic E-state index is -1.68. The summed E-state index contributed by atoms with van der Waals surface area (Å²) in [7, 11) is 0. The fourth-order valence-electron chi connectivity index (χ4n) is 2.23. The number of guanidine groups is 1. The Balaban J connectivity index is 4.87. The maximum Gasteiger partial charge on any atom is 0.328 e. The van der Waals surface area contributed by atoms with E-state index in [1.165, 1.54) is 0 Å². The molecule has 0 aromatic heterocycles. The first-order valence-electron chi connectivity index (χ1n) is 9.29. The number of aliphatic imine (C=N–C) groups is 1. The third-order valence-electron chi connectivity index (χ3n) is 3.98. The van der Waals surface area contributed by atoms with Gasteiger partial charge in [-0.05, 0) is 19.8 Å². The molecular formula is C16H31N7O8. The molecule has 0 aromatic rings. The van der Waals surface area contributed by atoms with Crippen LogP contribution in [0.5, 0.6) is 0 Å². The van der Waals surface area contributed by atoms with E-state index in [1.807, 2.05) is 5.32 Å². The summed E-state index contributed by atoms with van der Waals surface area (Å²) >= 11 is 0. The molecule has 0 saturated heterocycles. The number of aliphatic hydroxyl groups excluding tert-OH is 3. The zero-order valence-corrected chi connectivity index (χ0v) is 17.0. The van der Waals surface area contributed by atoms with Crippen molar-refractivity contribution in [1.29, 1.82) is 0 Å². The number of hydrogen-bond acceptors (Lipinski definition) is 9. The molecule has 0 radical (unpaired) electrons. The second-order valence-electron chi connectivity index (χ2n) is 6.61. The van der Waals surface area contributed by atoms with Crippen molar-refractivity contribution in [2.24, 2.45) is 22.2 Å². The quantitative estimate of drug-likeness (QED) is 0.0677. The number of carbonyl (C=O) groups excluding carboxylic acids is 3. The zero-order valence-electron chi connectivity index (χ0n) is 17.0. The summed E-state index contributed by atoms with van der Waals surface area (Å²) in [4.78, 5) is 51.2. The van der Waals surface area contributed by atoms with E-state index in [4.69, 9.17) is 22.3 Å². The van der Waals surface area contributed by atoms with E-state index in [2.05, 4.69) is 15.6 Å². The highest BCUT2D eigenvalue weighted by Crippen LogP contribution is 1.98. The van der Waals surface area contributed by atoms with Crippen LogP contribution in [-0.2, 0) is 19.2 Å². The summed E-state index contributed by atoms with van der Waals surface area (Å²) < 4.78 is 0. The predicted molar refractivity (Wildman–Crippen MR) is 107 cm³/mol. The van der Waals surface area contributed by atoms with Gasteiger partial charge in [0.15, 0.2) is 12.0 Å². The van der Waals surface area contributed by atoms with Gasteiger partial charge in [0.25, 0.3) is 0 Å². The topological polar surface area (TPSA) is 276 Å². The smallest absolute Gasteiger partial charge is 0.328 e. The summed E-state index contributed by atoms with van der Waals surface area (Å²) in [6.45, 7) is -0.391. The first-order valence-corrected chi connectivity index (χ1v) is 9.29. The molecule has 31 heavy (non-hydrogen) atoms. The van der Waals surface area contributed by atoms with E-state index in [-0.39, 0.29) is 18.9 Å². The molecule has 178 valence electrons. The monoisotopic (exact) mass is 449 g/mol. The molecule has 0 saturated carbocycles. The highest BCUT2D eigenvalue weighted by molar-refractivity contribution is 5.94. The molecule has 0 fully saturated rings. The van der Waals surface area contributed by atoms with Gasteiger partial charge in [0.05, 0.1) is 25.4 Å². The van der Waals surface area contributed by atoms with Gasteiger partial charge >= 0.3 is 5.97 Å². The van der Waals surface area contributed by atoms with Gasteiger partial charge in [-0.1, -0.05) is 0 Å². The number of carbonyl (C=O) groups is 4. The van der Waals surface area contributed by atoms with Gasteiger partial charge in [-0.25, -0.2) is 4.79 Å². The molecule has 0 aliphatic heterocycles. The minimum absolute atomic E-state index is 0.111. The highest BCUT2D eigenvalue weighted by atomic mass is 16.4. The molecule has 13 N–H and O–H groups in total. The van der Waals surface area contributed by atoms with Crippen molar-refractivity contribution in [3.05, 3.63) is 0 Å². The average Bonchev–Trinajstić information content (AvgIpc) is 2.69. The molecule has 15 nitrogen and oxygen atoms in total. The van der Waals surface area contributed by atoms with Gasteiger partial charge in [0, 0.05) is 6.54 Å². The molecular weight excluding hydrogens is 418 g/mol. The largest absolute Gasteiger partial charge is 0.480 e. The van der Waals surface area contributed by atoms with Crippen molar-refractivity contribution in [2.45, 2.75) is 50.0 Å². The van der Waals surface area contributed by atoms with Gasteiger partial charge in [-0.2, -0.15) is 0 Å². The number of nitrogens with zero attached hydrogens (tertiary/aromatic N) is 1. The fourth-order valence-corrected chi connectivity index (χ4v) is 2.23. The zero-order chi connectivity index (χ0) is 24.1. The van der Waals surface area contributed by atoms with Crippen molar-refractivity contribution in [2.75, 3.05) is 19.8 Å². The number of aliphatic hydroxyl groups is 3. The Hall–Kier alpha value is -3.01. The van der Waals surface area contributed by atoms with E-state index in [0.717, 1.165) is 6.92 Å². The van der Waals surface area contributed by atoms with Gasteiger partial charge in [-0.3, -0.25) is 19.4 Å². The maximum atomic E-state index is 12.3. The molecule has 0 rings (SSSR count). The van der Waals surface area contributed by atoms with Crippen molar-refractivity contribution in [1.82, 2.24) is 16.0 Å². The molecule has 3 amide bonds. The van der Waals surface area contributed by atoms with Crippen LogP contribution < -0.4 is 33.2 Å². The Bertz CT molecular complexity index is 654. The Morgan fingerprint density at radius 3 is 1.84 bits per heavy atom. The molecule has 0 aliphatic rings. The van der Waals surface area contributed by atoms with Crippen LogP contribution in [0.2, 0.25) is 0 Å². The van der Waals surface area contributed by atoms with Crippen LogP contribution in [-0.4, -0.2) is 100 Å². The van der Waals surface area contributed by atoms with Crippen molar-refractivity contribution in [3.63, 3.8) is 0 Å². The third-order valence-corrected chi connectivity index (χ3v) is 3.98. The number of carboxylic acids is 1. The minimum Gasteiger partial charge on any atom is -0.480 e. The first kappa shape index (κ1) is 28.0. The second kappa shape index (κ2) is 14.1. The van der Waals surface area contributed by atoms with Crippen molar-refractivity contribution < 1.29 is 39.6 Å². The molecule has 0 heterocycles. The predicted octanol–water partition coefficient (Wildman–Crippen LogP) is -5.73. The number of nitrogens with two attached hydrogens (primary N) is 3. The van der Waals surface area contributed by atoms with Crippen LogP contribution in [0.1, 0.15) is 19.8 Å². The number of carboxylic acid groups (broad SMARTS) is 1. The van der Waals surface area contributed by atoms with Crippen molar-refractivity contribution >= 4 is 29.7 Å². The molecule has 0 aromatic carbocycles. The normalized spacial score (nSPS) is 15.5. The number of rotatable bonds is 14. The van der Waals surface area contributed by atoms with Gasteiger partial charge in [-0.15, -0.1) is 0 Å². The SMILES string of the molecule is CC(O)C(NC(=O)C(CO)NC(=O)C(CO)NC(=O)C(N)CCCN=C(N)N)C(=O)O. The average molecular weight is 449 g/mol. The maximum absolute atomic E-state index is 12.3. The Morgan fingerprint density at radius 2 is 1.42 bits per heavy atom. The van der Waals surface area contributed by atoms with Crippen LogP contribution >= 0.6 is 0 Å². The summed E-state index contributed by atoms with van der Waals surface area (Å²) in [6.07, 6.45) is -0.891. The molecule has 15 heteroatoms. The Morgan fingerprint density at radius 1 is 0.935 bits per heavy atom. The van der Waals surface area contributed by atoms with Crippen LogP contribution in [0.4, 0.5) is 0 Å². The number of amides is 3. The molecule has 0 bridgehead atoms. The standard InChI is InChI=1S/C16H31N7O8/c1-7(26)11(15(30)31)23-14(29)10(6-25)22-13(28)9(5-24)21-12(27)8(17)3-2-4-20-16(18)19/h7-11,24-26H,2-6,17H2,1H3,(H,21,27)(H,22,28)(H,23,29)(H,30,31)(H4,18,19,20). The van der Waals surface area contributed by atoms with E-state index in [9.17, 15) is 34.5 Å². The summed E-state index contributed by atoms with van der Waals surface area (Å²) in [6, 6.07) is -5.81. The van der Waals surface area contributed by atoms with Crippen LogP contribution in [0, 0.1) is 0 Å². The van der Waals surface area contributed by atoms with Crippen LogP contribution in [0.15, 0.2) is 4.99 Å². The Kier molecular flexibility index (Phi) is 12.7. The number of hydrogen-bond donors (Lipinski definition) is 10. The van der Waals surface area contributed by atoms with Gasteiger partial charge < -0.3 is 53.6 Å². The molecule has 0 spiro atoms. The van der Waals surface area contributed by atoms with E-state index in [1.54, 1.807) is 0 Å². The van der Waals surface area contributed by atoms with Gasteiger partial charge in [0.1, 0.15) is 12.1 Å². The molecule has 5 unspecified atom stereocenters. The summed E-state index contributed by atoms with van der Waals surface area (Å²) in [5, 5.41) is 43.3. The second-order valence-corrected chi connectivity index (χ2v) is 6.61. The van der Waals surface area contributed by atoms with Crippen molar-refractivity contribution in [3.8, 4) is 0 Å². The third kappa shape index (κ3) is 10.5. The lowest BCUT2D eigenvalue weighted by Crippen LogP contribution is -2.59.